The molecule has 0 radical (unpaired) electrons. The molecule has 0 bridgehead atoms. The summed E-state index contributed by atoms with van der Waals surface area (Å²) in [6.07, 6.45) is 1.12. The minimum atomic E-state index is -0.594. The maximum absolute atomic E-state index is 11.9. The number of hydrogen-bond acceptors (Lipinski definition) is 6. The number of aromatic hydroxyl groups is 1. The monoisotopic (exact) mass is 521 g/mol. The molecule has 1 amide bonds. The number of rotatable bonds is 6. The van der Waals surface area contributed by atoms with Crippen molar-refractivity contribution < 1.29 is 19.6 Å². The number of hydrogen-bond donors (Lipinski definition) is 2. The van der Waals surface area contributed by atoms with Crippen LogP contribution in [0.5, 0.6) is 11.5 Å². The molecule has 10 heteroatoms. The van der Waals surface area contributed by atoms with Crippen LogP contribution in [0.15, 0.2) is 62.6 Å². The maximum atomic E-state index is 11.9. The molecule has 3 aromatic carbocycles. The summed E-state index contributed by atoms with van der Waals surface area (Å²) in [5.41, 5.74) is 2.14. The number of benzene rings is 3. The fourth-order valence-corrected chi connectivity index (χ4v) is 3.45. The van der Waals surface area contributed by atoms with E-state index in [9.17, 15) is 20.0 Å². The summed E-state index contributed by atoms with van der Waals surface area (Å²) in [6.45, 7) is -0.293. The SMILES string of the molecule is O=C(COc1ccc2cc(Br)ccc2c1Br)N/N=C/c1cc([N+](=O)[O-])ccc1O. The first-order valence-electron chi connectivity index (χ1n) is 8.15. The number of non-ortho nitro benzene ring substituents is 1. The molecule has 8 nitrogen and oxygen atoms in total. The van der Waals surface area contributed by atoms with Gasteiger partial charge in [0.2, 0.25) is 0 Å². The van der Waals surface area contributed by atoms with Crippen LogP contribution in [0.4, 0.5) is 5.69 Å². The van der Waals surface area contributed by atoms with Gasteiger partial charge in [-0.25, -0.2) is 5.43 Å². The highest BCUT2D eigenvalue weighted by molar-refractivity contribution is 9.11. The summed E-state index contributed by atoms with van der Waals surface area (Å²) in [5, 5.41) is 26.1. The number of carbonyl (C=O) groups is 1. The highest BCUT2D eigenvalue weighted by Gasteiger charge is 2.10. The quantitative estimate of drug-likeness (QED) is 0.281. The number of carbonyl (C=O) groups excluding carboxylic acids is 1. The van der Waals surface area contributed by atoms with Gasteiger partial charge in [0.1, 0.15) is 11.5 Å². The van der Waals surface area contributed by atoms with Gasteiger partial charge in [0.25, 0.3) is 11.6 Å². The molecule has 0 saturated carbocycles. The third-order valence-corrected chi connectivity index (χ3v) is 5.17. The molecule has 0 fully saturated rings. The zero-order valence-corrected chi connectivity index (χ0v) is 17.8. The largest absolute Gasteiger partial charge is 0.507 e. The van der Waals surface area contributed by atoms with Crippen molar-refractivity contribution >= 4 is 60.4 Å². The molecule has 0 saturated heterocycles. The number of nitrogens with zero attached hydrogens (tertiary/aromatic N) is 2. The lowest BCUT2D eigenvalue weighted by Crippen LogP contribution is -2.24. The van der Waals surface area contributed by atoms with E-state index in [0.29, 0.717) is 5.75 Å². The Morgan fingerprint density at radius 2 is 2.00 bits per heavy atom. The highest BCUT2D eigenvalue weighted by Crippen LogP contribution is 2.34. The second kappa shape index (κ2) is 9.01. The Morgan fingerprint density at radius 1 is 1.21 bits per heavy atom. The van der Waals surface area contributed by atoms with Gasteiger partial charge in [-0.2, -0.15) is 5.10 Å². The molecule has 0 aromatic heterocycles. The number of nitro benzene ring substituents is 1. The van der Waals surface area contributed by atoms with Gasteiger partial charge in [-0.15, -0.1) is 0 Å². The number of nitrogens with one attached hydrogen (secondary N) is 1. The predicted octanol–water partition coefficient (Wildman–Crippen LogP) is 4.51. The molecule has 29 heavy (non-hydrogen) atoms. The fourth-order valence-electron chi connectivity index (χ4n) is 2.46. The van der Waals surface area contributed by atoms with E-state index in [4.69, 9.17) is 4.74 Å². The van der Waals surface area contributed by atoms with Crippen molar-refractivity contribution in [1.29, 1.82) is 0 Å². The number of nitro groups is 1. The van der Waals surface area contributed by atoms with E-state index in [0.717, 1.165) is 32.0 Å². The number of halogens is 2. The van der Waals surface area contributed by atoms with E-state index < -0.39 is 10.8 Å². The van der Waals surface area contributed by atoms with Gasteiger partial charge in [0.05, 0.1) is 15.6 Å². The molecule has 148 valence electrons. The number of hydrazone groups is 1. The van der Waals surface area contributed by atoms with Crippen molar-refractivity contribution in [2.75, 3.05) is 6.61 Å². The third-order valence-electron chi connectivity index (χ3n) is 3.85. The van der Waals surface area contributed by atoms with Crippen molar-refractivity contribution in [3.05, 3.63) is 73.2 Å². The average Bonchev–Trinajstić information content (AvgIpc) is 2.68. The Bertz CT molecular complexity index is 1130. The molecule has 0 aliphatic carbocycles. The number of phenols is 1. The Kier molecular flexibility index (Phi) is 6.45. The van der Waals surface area contributed by atoms with Crippen LogP contribution < -0.4 is 10.2 Å². The normalized spacial score (nSPS) is 11.0. The van der Waals surface area contributed by atoms with Crippen molar-refractivity contribution in [2.45, 2.75) is 0 Å². The number of amides is 1. The first-order chi connectivity index (χ1) is 13.8. The van der Waals surface area contributed by atoms with Crippen LogP contribution in [-0.2, 0) is 4.79 Å². The second-order valence-electron chi connectivity index (χ2n) is 5.83. The zero-order chi connectivity index (χ0) is 21.0. The van der Waals surface area contributed by atoms with Gasteiger partial charge in [-0.1, -0.05) is 28.1 Å². The Hall–Kier alpha value is -2.98. The molecular formula is C19H13Br2N3O5. The summed E-state index contributed by atoms with van der Waals surface area (Å²) in [5.74, 6) is -0.235. The van der Waals surface area contributed by atoms with E-state index >= 15 is 0 Å². The van der Waals surface area contributed by atoms with Crippen LogP contribution in [0.25, 0.3) is 10.8 Å². The van der Waals surface area contributed by atoms with E-state index in [1.165, 1.54) is 12.1 Å². The predicted molar refractivity (Wildman–Crippen MR) is 115 cm³/mol. The van der Waals surface area contributed by atoms with Gasteiger partial charge in [0, 0.05) is 22.2 Å². The smallest absolute Gasteiger partial charge is 0.277 e. The number of fused-ring (bicyclic) bond motifs is 1. The first-order valence-corrected chi connectivity index (χ1v) is 9.73. The van der Waals surface area contributed by atoms with Crippen LogP contribution in [0.3, 0.4) is 0 Å². The lowest BCUT2D eigenvalue weighted by molar-refractivity contribution is -0.384. The lowest BCUT2D eigenvalue weighted by atomic mass is 10.1. The number of phenolic OH excluding ortho intramolecular Hbond substituents is 1. The molecule has 0 unspecified atom stereocenters. The van der Waals surface area contributed by atoms with E-state index in [1.807, 2.05) is 24.3 Å². The minimum absolute atomic E-state index is 0.101. The summed E-state index contributed by atoms with van der Waals surface area (Å²) < 4.78 is 7.21. The third kappa shape index (κ3) is 5.09. The summed E-state index contributed by atoms with van der Waals surface area (Å²) in [4.78, 5) is 22.1. The van der Waals surface area contributed by atoms with E-state index in [-0.39, 0.29) is 23.6 Å². The Balaban J connectivity index is 1.62. The molecule has 0 atom stereocenters. The molecule has 0 aliphatic rings. The Labute approximate surface area is 181 Å². The van der Waals surface area contributed by atoms with Crippen LogP contribution in [0, 0.1) is 10.1 Å². The first kappa shape index (κ1) is 20.7. The van der Waals surface area contributed by atoms with Crippen molar-refractivity contribution in [3.63, 3.8) is 0 Å². The van der Waals surface area contributed by atoms with Crippen molar-refractivity contribution in [2.24, 2.45) is 5.10 Å². The van der Waals surface area contributed by atoms with E-state index in [2.05, 4.69) is 42.4 Å². The van der Waals surface area contributed by atoms with Crippen LogP contribution in [-0.4, -0.2) is 28.8 Å². The van der Waals surface area contributed by atoms with Gasteiger partial charge in [-0.05, 0) is 51.0 Å². The second-order valence-corrected chi connectivity index (χ2v) is 7.53. The molecule has 3 rings (SSSR count). The number of ether oxygens (including phenoxy) is 1. The van der Waals surface area contributed by atoms with Crippen LogP contribution >= 0.6 is 31.9 Å². The molecule has 0 spiro atoms. The zero-order valence-electron chi connectivity index (χ0n) is 14.6. The van der Waals surface area contributed by atoms with Gasteiger partial charge < -0.3 is 9.84 Å². The fraction of sp³-hybridized carbons (Fsp3) is 0.0526. The average molecular weight is 523 g/mol. The van der Waals surface area contributed by atoms with Crippen LogP contribution in [0.1, 0.15) is 5.56 Å². The van der Waals surface area contributed by atoms with Crippen LogP contribution in [0.2, 0.25) is 0 Å². The standard InChI is InChI=1S/C19H13Br2N3O5/c20-13-2-4-15-11(7-13)1-6-17(19(15)21)29-10-18(26)23-22-9-12-8-14(24(27)28)3-5-16(12)25/h1-9,25H,10H2,(H,23,26)/b22-9+. The topological polar surface area (TPSA) is 114 Å². The lowest BCUT2D eigenvalue weighted by Gasteiger charge is -2.10. The highest BCUT2D eigenvalue weighted by atomic mass is 79.9. The molecule has 2 N–H and O–H groups in total. The van der Waals surface area contributed by atoms with E-state index in [1.54, 1.807) is 6.07 Å². The Morgan fingerprint density at radius 3 is 2.76 bits per heavy atom. The minimum Gasteiger partial charge on any atom is -0.507 e. The van der Waals surface area contributed by atoms with Gasteiger partial charge >= 0.3 is 0 Å². The molecule has 0 heterocycles. The maximum Gasteiger partial charge on any atom is 0.277 e. The van der Waals surface area contributed by atoms with Crippen molar-refractivity contribution in [3.8, 4) is 11.5 Å². The van der Waals surface area contributed by atoms with Gasteiger partial charge in [-0.3, -0.25) is 14.9 Å². The summed E-state index contributed by atoms with van der Waals surface area (Å²) in [7, 11) is 0. The van der Waals surface area contributed by atoms with Crippen molar-refractivity contribution in [1.82, 2.24) is 5.43 Å². The molecule has 0 aliphatic heterocycles. The van der Waals surface area contributed by atoms with Gasteiger partial charge in [0.15, 0.2) is 6.61 Å². The summed E-state index contributed by atoms with van der Waals surface area (Å²) in [6, 6.07) is 12.9. The summed E-state index contributed by atoms with van der Waals surface area (Å²) >= 11 is 6.90. The molecule has 3 aromatic rings. The molecular weight excluding hydrogens is 510 g/mol.